The van der Waals surface area contributed by atoms with E-state index in [4.69, 9.17) is 10.2 Å². The topological polar surface area (TPSA) is 69.6 Å². The Kier molecular flexibility index (Phi) is 10.3. The van der Waals surface area contributed by atoms with Crippen molar-refractivity contribution in [1.29, 1.82) is 0 Å². The minimum absolute atomic E-state index is 0.205. The number of anilines is 1. The van der Waals surface area contributed by atoms with Crippen LogP contribution in [0.4, 0.5) is 5.69 Å². The molecule has 92 valence electrons. The number of hydrogen-bond acceptors (Lipinski definition) is 3. The van der Waals surface area contributed by atoms with E-state index in [1.807, 2.05) is 27.7 Å². The molecular formula is C12H21NO3. The summed E-state index contributed by atoms with van der Waals surface area (Å²) in [5, 5.41) is 20.4. The SMILES string of the molecule is CC.CC.CC(=O)Nc1ccc(O)c(O)c1. The second-order valence-corrected chi connectivity index (χ2v) is 2.38. The van der Waals surface area contributed by atoms with Crippen LogP contribution in [0, 0.1) is 0 Å². The van der Waals surface area contributed by atoms with E-state index in [1.54, 1.807) is 0 Å². The molecule has 0 saturated carbocycles. The summed E-state index contributed by atoms with van der Waals surface area (Å²) in [4.78, 5) is 10.6. The molecule has 0 unspecified atom stereocenters. The number of carbonyl (C=O) groups excluding carboxylic acids is 1. The Hall–Kier alpha value is -1.71. The molecule has 0 atom stereocenters. The highest BCUT2D eigenvalue weighted by atomic mass is 16.3. The fourth-order valence-corrected chi connectivity index (χ4v) is 0.804. The molecule has 1 aromatic rings. The Morgan fingerprint density at radius 3 is 1.94 bits per heavy atom. The smallest absolute Gasteiger partial charge is 0.221 e. The Labute approximate surface area is 96.9 Å². The molecule has 1 rings (SSSR count). The lowest BCUT2D eigenvalue weighted by atomic mass is 10.3. The molecule has 1 amide bonds. The van der Waals surface area contributed by atoms with Gasteiger partial charge < -0.3 is 15.5 Å². The third-order valence-corrected chi connectivity index (χ3v) is 1.30. The van der Waals surface area contributed by atoms with Gasteiger partial charge in [0.25, 0.3) is 0 Å². The first-order valence-electron chi connectivity index (χ1n) is 5.39. The number of phenolic OH excluding ortho intramolecular Hbond substituents is 2. The third kappa shape index (κ3) is 6.70. The maximum absolute atomic E-state index is 10.6. The molecule has 0 bridgehead atoms. The summed E-state index contributed by atoms with van der Waals surface area (Å²) in [6.07, 6.45) is 0. The van der Waals surface area contributed by atoms with Crippen molar-refractivity contribution < 1.29 is 15.0 Å². The van der Waals surface area contributed by atoms with Gasteiger partial charge in [0.2, 0.25) is 5.91 Å². The highest BCUT2D eigenvalue weighted by molar-refractivity contribution is 5.89. The summed E-state index contributed by atoms with van der Waals surface area (Å²) >= 11 is 0. The quantitative estimate of drug-likeness (QED) is 0.510. The second-order valence-electron chi connectivity index (χ2n) is 2.38. The summed E-state index contributed by atoms with van der Waals surface area (Å²) < 4.78 is 0. The van der Waals surface area contributed by atoms with E-state index in [1.165, 1.54) is 25.1 Å². The van der Waals surface area contributed by atoms with Crippen molar-refractivity contribution in [2.45, 2.75) is 34.6 Å². The number of phenols is 2. The fourth-order valence-electron chi connectivity index (χ4n) is 0.804. The molecule has 0 aliphatic rings. The molecule has 0 saturated heterocycles. The predicted octanol–water partition coefficient (Wildman–Crippen LogP) is 3.11. The number of aromatic hydroxyl groups is 2. The molecule has 0 spiro atoms. The molecule has 16 heavy (non-hydrogen) atoms. The van der Waals surface area contributed by atoms with Crippen molar-refractivity contribution in [2.75, 3.05) is 5.32 Å². The first-order chi connectivity index (χ1) is 7.59. The Morgan fingerprint density at radius 1 is 1.06 bits per heavy atom. The molecule has 0 aliphatic carbocycles. The van der Waals surface area contributed by atoms with Crippen LogP contribution in [0.2, 0.25) is 0 Å². The van der Waals surface area contributed by atoms with Crippen LogP contribution in [-0.2, 0) is 4.79 Å². The van der Waals surface area contributed by atoms with Crippen LogP contribution in [0.3, 0.4) is 0 Å². The summed E-state index contributed by atoms with van der Waals surface area (Å²) in [7, 11) is 0. The largest absolute Gasteiger partial charge is 0.504 e. The van der Waals surface area contributed by atoms with E-state index in [-0.39, 0.29) is 17.4 Å². The molecule has 0 heterocycles. The number of amides is 1. The Bertz CT molecular complexity index is 311. The van der Waals surface area contributed by atoms with Gasteiger partial charge in [0.05, 0.1) is 0 Å². The van der Waals surface area contributed by atoms with Gasteiger partial charge in [-0.25, -0.2) is 0 Å². The van der Waals surface area contributed by atoms with Gasteiger partial charge in [0, 0.05) is 18.7 Å². The zero-order valence-electron chi connectivity index (χ0n) is 10.5. The lowest BCUT2D eigenvalue weighted by molar-refractivity contribution is -0.114. The van der Waals surface area contributed by atoms with Crippen molar-refractivity contribution >= 4 is 11.6 Å². The molecule has 3 N–H and O–H groups in total. The Morgan fingerprint density at radius 2 is 1.56 bits per heavy atom. The number of nitrogens with one attached hydrogen (secondary N) is 1. The van der Waals surface area contributed by atoms with Crippen LogP contribution >= 0.6 is 0 Å². The summed E-state index contributed by atoms with van der Waals surface area (Å²) in [6, 6.07) is 4.08. The van der Waals surface area contributed by atoms with E-state index in [9.17, 15) is 4.79 Å². The monoisotopic (exact) mass is 227 g/mol. The average molecular weight is 227 g/mol. The maximum Gasteiger partial charge on any atom is 0.221 e. The maximum atomic E-state index is 10.6. The molecule has 0 radical (unpaired) electrons. The molecule has 0 fully saturated rings. The van der Waals surface area contributed by atoms with Crippen LogP contribution in [0.15, 0.2) is 18.2 Å². The van der Waals surface area contributed by atoms with E-state index in [2.05, 4.69) is 5.32 Å². The van der Waals surface area contributed by atoms with Crippen LogP contribution in [-0.4, -0.2) is 16.1 Å². The predicted molar refractivity (Wildman–Crippen MR) is 66.8 cm³/mol. The molecule has 4 nitrogen and oxygen atoms in total. The standard InChI is InChI=1S/C8H9NO3.2C2H6/c1-5(10)9-6-2-3-7(11)8(12)4-6;2*1-2/h2-4,11-12H,1H3,(H,9,10);2*1-2H3. The normalized spacial score (nSPS) is 7.81. The van der Waals surface area contributed by atoms with Gasteiger partial charge in [-0.2, -0.15) is 0 Å². The minimum atomic E-state index is -0.249. The molecule has 1 aromatic carbocycles. The lowest BCUT2D eigenvalue weighted by Crippen LogP contribution is -2.05. The average Bonchev–Trinajstić information content (AvgIpc) is 2.28. The highest BCUT2D eigenvalue weighted by Crippen LogP contribution is 2.27. The molecule has 4 heteroatoms. The minimum Gasteiger partial charge on any atom is -0.504 e. The van der Waals surface area contributed by atoms with Gasteiger partial charge in [-0.3, -0.25) is 4.79 Å². The van der Waals surface area contributed by atoms with E-state index in [0.717, 1.165) is 0 Å². The molecule has 0 aliphatic heterocycles. The van der Waals surface area contributed by atoms with Gasteiger partial charge in [0.1, 0.15) is 0 Å². The van der Waals surface area contributed by atoms with Crippen molar-refractivity contribution in [3.05, 3.63) is 18.2 Å². The lowest BCUT2D eigenvalue weighted by Gasteiger charge is -2.02. The van der Waals surface area contributed by atoms with Crippen LogP contribution < -0.4 is 5.32 Å². The summed E-state index contributed by atoms with van der Waals surface area (Å²) in [5.74, 6) is -0.676. The van der Waals surface area contributed by atoms with Crippen LogP contribution in [0.1, 0.15) is 34.6 Å². The van der Waals surface area contributed by atoms with Crippen molar-refractivity contribution in [3.8, 4) is 11.5 Å². The van der Waals surface area contributed by atoms with Gasteiger partial charge in [-0.15, -0.1) is 0 Å². The number of hydrogen-bond donors (Lipinski definition) is 3. The Balaban J connectivity index is 0. The third-order valence-electron chi connectivity index (χ3n) is 1.30. The van der Waals surface area contributed by atoms with Crippen molar-refractivity contribution in [3.63, 3.8) is 0 Å². The number of benzene rings is 1. The first-order valence-corrected chi connectivity index (χ1v) is 5.39. The van der Waals surface area contributed by atoms with Gasteiger partial charge in [-0.05, 0) is 12.1 Å². The zero-order chi connectivity index (χ0) is 13.1. The van der Waals surface area contributed by atoms with Gasteiger partial charge in [0.15, 0.2) is 11.5 Å². The number of rotatable bonds is 1. The van der Waals surface area contributed by atoms with Gasteiger partial charge in [-0.1, -0.05) is 27.7 Å². The van der Waals surface area contributed by atoms with Gasteiger partial charge >= 0.3 is 0 Å². The first kappa shape index (κ1) is 16.7. The van der Waals surface area contributed by atoms with Crippen LogP contribution in [0.25, 0.3) is 0 Å². The van der Waals surface area contributed by atoms with E-state index >= 15 is 0 Å². The number of carbonyl (C=O) groups is 1. The van der Waals surface area contributed by atoms with E-state index < -0.39 is 0 Å². The molecular weight excluding hydrogens is 206 g/mol. The van der Waals surface area contributed by atoms with Crippen LogP contribution in [0.5, 0.6) is 11.5 Å². The van der Waals surface area contributed by atoms with Crippen molar-refractivity contribution in [2.24, 2.45) is 0 Å². The summed E-state index contributed by atoms with van der Waals surface area (Å²) in [6.45, 7) is 9.36. The van der Waals surface area contributed by atoms with Crippen molar-refractivity contribution in [1.82, 2.24) is 0 Å². The second kappa shape index (κ2) is 9.83. The fraction of sp³-hybridized carbons (Fsp3) is 0.417. The highest BCUT2D eigenvalue weighted by Gasteiger charge is 2.00. The zero-order valence-corrected chi connectivity index (χ0v) is 10.5. The molecule has 0 aromatic heterocycles. The summed E-state index contributed by atoms with van der Waals surface area (Å²) in [5.41, 5.74) is 0.456. The van der Waals surface area contributed by atoms with E-state index in [0.29, 0.717) is 5.69 Å².